The molecule has 0 fully saturated rings. The zero-order valence-corrected chi connectivity index (χ0v) is 27.1. The number of fused-ring (bicyclic) bond motifs is 10. The summed E-state index contributed by atoms with van der Waals surface area (Å²) < 4.78 is 2.47. The smallest absolute Gasteiger partial charge is 0.0632 e. The molecule has 0 N–H and O–H groups in total. The summed E-state index contributed by atoms with van der Waals surface area (Å²) in [6.07, 6.45) is 7.33. The monoisotopic (exact) mass is 638 g/mol. The van der Waals surface area contributed by atoms with Gasteiger partial charge in [0, 0.05) is 63.7 Å². The van der Waals surface area contributed by atoms with Gasteiger partial charge in [-0.3, -0.25) is 9.97 Å². The largest absolute Gasteiger partial charge is 0.310 e. The molecule has 50 heavy (non-hydrogen) atoms. The molecular formula is C46H30N4. The molecule has 0 saturated heterocycles. The first-order valence-electron chi connectivity index (χ1n) is 16.9. The Labute approximate surface area is 289 Å². The first kappa shape index (κ1) is 28.3. The number of benzene rings is 7. The minimum atomic E-state index is 1.04. The molecule has 0 aliphatic heterocycles. The van der Waals surface area contributed by atoms with Gasteiger partial charge in [-0.25, -0.2) is 0 Å². The molecule has 10 aromatic rings. The predicted molar refractivity (Wildman–Crippen MR) is 209 cm³/mol. The Morgan fingerprint density at radius 3 is 1.56 bits per heavy atom. The first-order valence-corrected chi connectivity index (χ1v) is 16.9. The summed E-state index contributed by atoms with van der Waals surface area (Å²) in [6, 6.07) is 56.9. The molecule has 3 aromatic heterocycles. The molecule has 4 nitrogen and oxygen atoms in total. The summed E-state index contributed by atoms with van der Waals surface area (Å²) in [7, 11) is 0. The van der Waals surface area contributed by atoms with Crippen LogP contribution in [0.3, 0.4) is 0 Å². The highest BCUT2D eigenvalue weighted by molar-refractivity contribution is 6.37. The number of rotatable bonds is 5. The van der Waals surface area contributed by atoms with Crippen molar-refractivity contribution in [3.63, 3.8) is 0 Å². The number of aromatic nitrogens is 3. The van der Waals surface area contributed by atoms with Gasteiger partial charge in [0.05, 0.1) is 11.0 Å². The van der Waals surface area contributed by atoms with Crippen LogP contribution >= 0.6 is 0 Å². The lowest BCUT2D eigenvalue weighted by molar-refractivity contribution is 1.17. The van der Waals surface area contributed by atoms with Crippen molar-refractivity contribution in [1.29, 1.82) is 0 Å². The van der Waals surface area contributed by atoms with Crippen LogP contribution in [0.1, 0.15) is 0 Å². The summed E-state index contributed by atoms with van der Waals surface area (Å²) >= 11 is 0. The Kier molecular flexibility index (Phi) is 6.46. The fourth-order valence-corrected chi connectivity index (χ4v) is 7.84. The van der Waals surface area contributed by atoms with E-state index in [-0.39, 0.29) is 0 Å². The third-order valence-electron chi connectivity index (χ3n) is 9.94. The molecular weight excluding hydrogens is 609 g/mol. The van der Waals surface area contributed by atoms with Crippen molar-refractivity contribution in [2.75, 3.05) is 4.90 Å². The van der Waals surface area contributed by atoms with Gasteiger partial charge >= 0.3 is 0 Å². The van der Waals surface area contributed by atoms with Crippen molar-refractivity contribution < 1.29 is 0 Å². The normalized spacial score (nSPS) is 11.6. The highest BCUT2D eigenvalue weighted by atomic mass is 15.1. The second-order valence-corrected chi connectivity index (χ2v) is 12.6. The van der Waals surface area contributed by atoms with Crippen LogP contribution in [0.25, 0.3) is 70.9 Å². The van der Waals surface area contributed by atoms with Crippen LogP contribution in [-0.2, 0) is 0 Å². The third-order valence-corrected chi connectivity index (χ3v) is 9.94. The molecule has 234 valence electrons. The van der Waals surface area contributed by atoms with Crippen molar-refractivity contribution in [2.45, 2.75) is 0 Å². The predicted octanol–water partition coefficient (Wildman–Crippen LogP) is 12.2. The average Bonchev–Trinajstić information content (AvgIpc) is 3.54. The van der Waals surface area contributed by atoms with E-state index in [1.165, 1.54) is 65.3 Å². The van der Waals surface area contributed by atoms with Crippen LogP contribution in [0.15, 0.2) is 183 Å². The number of para-hydroxylation sites is 1. The zero-order valence-electron chi connectivity index (χ0n) is 27.1. The first-order chi connectivity index (χ1) is 24.8. The van der Waals surface area contributed by atoms with Gasteiger partial charge < -0.3 is 9.47 Å². The molecule has 0 unspecified atom stereocenters. The summed E-state index contributed by atoms with van der Waals surface area (Å²) in [6.45, 7) is 0. The van der Waals surface area contributed by atoms with Crippen molar-refractivity contribution in [2.24, 2.45) is 0 Å². The van der Waals surface area contributed by atoms with Gasteiger partial charge in [-0.2, -0.15) is 0 Å². The average molecular weight is 639 g/mol. The Morgan fingerprint density at radius 2 is 0.900 bits per heavy atom. The van der Waals surface area contributed by atoms with Gasteiger partial charge in [-0.05, 0) is 98.7 Å². The molecule has 0 amide bonds. The van der Waals surface area contributed by atoms with Gasteiger partial charge in [-0.1, -0.05) is 97.1 Å². The molecule has 0 bridgehead atoms. The van der Waals surface area contributed by atoms with E-state index < -0.39 is 0 Å². The number of anilines is 3. The Hall–Kier alpha value is -6.78. The molecule has 0 aliphatic rings. The van der Waals surface area contributed by atoms with Crippen LogP contribution in [-0.4, -0.2) is 14.5 Å². The molecule has 0 saturated carbocycles. The van der Waals surface area contributed by atoms with Crippen LogP contribution in [0.5, 0.6) is 0 Å². The van der Waals surface area contributed by atoms with E-state index in [9.17, 15) is 0 Å². The summed E-state index contributed by atoms with van der Waals surface area (Å²) in [4.78, 5) is 10.8. The SMILES string of the molecule is c1ccc(-c2cc3c4ccccc4c4c5ccccc5n(-c5ccc(N(c6ccncc6)c6ccncc6)cc5)c4c3c3ccccc23)cc1. The Bertz CT molecular complexity index is 2800. The second kappa shape index (κ2) is 11.4. The fourth-order valence-electron chi connectivity index (χ4n) is 7.84. The van der Waals surface area contributed by atoms with Gasteiger partial charge in [0.1, 0.15) is 0 Å². The minimum absolute atomic E-state index is 1.04. The number of hydrogen-bond donors (Lipinski definition) is 0. The van der Waals surface area contributed by atoms with Crippen LogP contribution in [0, 0.1) is 0 Å². The Morgan fingerprint density at radius 1 is 0.400 bits per heavy atom. The van der Waals surface area contributed by atoms with E-state index in [4.69, 9.17) is 0 Å². The van der Waals surface area contributed by atoms with Crippen LogP contribution in [0.2, 0.25) is 0 Å². The summed E-state index contributed by atoms with van der Waals surface area (Å²) in [5.74, 6) is 0. The molecule has 10 rings (SSSR count). The van der Waals surface area contributed by atoms with Gasteiger partial charge in [-0.15, -0.1) is 0 Å². The van der Waals surface area contributed by atoms with Gasteiger partial charge in [0.2, 0.25) is 0 Å². The molecule has 3 heterocycles. The highest BCUT2D eigenvalue weighted by Crippen LogP contribution is 2.47. The van der Waals surface area contributed by atoms with E-state index >= 15 is 0 Å². The van der Waals surface area contributed by atoms with Crippen molar-refractivity contribution in [1.82, 2.24) is 14.5 Å². The summed E-state index contributed by atoms with van der Waals surface area (Å²) in [5, 5.41) is 10.1. The lowest BCUT2D eigenvalue weighted by Crippen LogP contribution is -2.10. The maximum absolute atomic E-state index is 4.27. The van der Waals surface area contributed by atoms with E-state index in [0.29, 0.717) is 0 Å². The summed E-state index contributed by atoms with van der Waals surface area (Å²) in [5.41, 5.74) is 9.12. The maximum Gasteiger partial charge on any atom is 0.0632 e. The number of nitrogens with zero attached hydrogens (tertiary/aromatic N) is 4. The van der Waals surface area contributed by atoms with Crippen molar-refractivity contribution in [3.8, 4) is 16.8 Å². The highest BCUT2D eigenvalue weighted by Gasteiger charge is 2.22. The minimum Gasteiger partial charge on any atom is -0.310 e. The standard InChI is InChI=1S/C46H30N4/c1-2-10-31(11-3-1)41-30-42-37-13-5-7-15-39(37)44-40-16-8-9-17-43(40)50(46(44)45(42)38-14-6-4-12-36(38)41)33-20-18-32(19-21-33)49(34-22-26-47-27-23-34)35-24-28-48-29-25-35/h1-30H. The molecule has 0 aliphatic carbocycles. The van der Waals surface area contributed by atoms with Gasteiger partial charge in [0.25, 0.3) is 0 Å². The van der Waals surface area contributed by atoms with Gasteiger partial charge in [0.15, 0.2) is 0 Å². The second-order valence-electron chi connectivity index (χ2n) is 12.6. The maximum atomic E-state index is 4.27. The van der Waals surface area contributed by atoms with E-state index in [1.54, 1.807) is 0 Å². The lowest BCUT2D eigenvalue weighted by Gasteiger charge is -2.25. The Balaban J connectivity index is 1.30. The van der Waals surface area contributed by atoms with Crippen LogP contribution in [0.4, 0.5) is 17.1 Å². The quantitative estimate of drug-likeness (QED) is 0.176. The number of pyridine rings is 2. The lowest BCUT2D eigenvalue weighted by atomic mass is 9.89. The van der Waals surface area contributed by atoms with E-state index in [1.807, 2.05) is 49.1 Å². The fraction of sp³-hybridized carbons (Fsp3) is 0. The molecule has 0 spiro atoms. The molecule has 4 heteroatoms. The van der Waals surface area contributed by atoms with Crippen LogP contribution < -0.4 is 4.90 Å². The van der Waals surface area contributed by atoms with Crippen molar-refractivity contribution >= 4 is 71.2 Å². The molecule has 7 aromatic carbocycles. The third kappa shape index (κ3) is 4.32. The topological polar surface area (TPSA) is 34.0 Å². The van der Waals surface area contributed by atoms with Crippen molar-refractivity contribution in [3.05, 3.63) is 183 Å². The van der Waals surface area contributed by atoms with E-state index in [0.717, 1.165) is 22.7 Å². The molecule has 0 atom stereocenters. The van der Waals surface area contributed by atoms with E-state index in [2.05, 4.69) is 153 Å². The zero-order chi connectivity index (χ0) is 33.0. The number of hydrogen-bond acceptors (Lipinski definition) is 3. The molecule has 0 radical (unpaired) electrons.